The zero-order valence-corrected chi connectivity index (χ0v) is 18.7. The maximum atomic E-state index is 11.2. The summed E-state index contributed by atoms with van der Waals surface area (Å²) < 4.78 is 8.41. The number of piperidine rings is 1. The van der Waals surface area contributed by atoms with Gasteiger partial charge in [-0.25, -0.2) is 9.48 Å². The summed E-state index contributed by atoms with van der Waals surface area (Å²) in [4.78, 5) is 13.7. The molecule has 1 spiro atoms. The van der Waals surface area contributed by atoms with Crippen molar-refractivity contribution in [3.05, 3.63) is 82.7 Å². The molecule has 1 saturated carbocycles. The SMILES string of the molecule is O=C(O)c1ccc(-n2nc(CN3CCC4(CC3)OCCc3ccccc34)cc2C2CC2)cc1. The van der Waals surface area contributed by atoms with Crippen molar-refractivity contribution < 1.29 is 14.6 Å². The van der Waals surface area contributed by atoms with Gasteiger partial charge in [0.25, 0.3) is 0 Å². The molecule has 1 aromatic heterocycles. The van der Waals surface area contributed by atoms with Gasteiger partial charge < -0.3 is 9.84 Å². The quantitative estimate of drug-likeness (QED) is 0.628. The highest BCUT2D eigenvalue weighted by Gasteiger charge is 2.40. The monoisotopic (exact) mass is 443 g/mol. The number of carboxylic acid groups (broad SMARTS) is 1. The van der Waals surface area contributed by atoms with Crippen molar-refractivity contribution in [2.24, 2.45) is 0 Å². The molecule has 0 amide bonds. The molecular formula is C27H29N3O3. The van der Waals surface area contributed by atoms with Crippen molar-refractivity contribution in [2.75, 3.05) is 19.7 Å². The number of ether oxygens (including phenoxy) is 1. The molecule has 3 aliphatic rings. The average molecular weight is 444 g/mol. The Hall–Kier alpha value is -2.96. The summed E-state index contributed by atoms with van der Waals surface area (Å²) in [6, 6.07) is 18.0. The molecule has 2 aromatic carbocycles. The molecule has 0 atom stereocenters. The summed E-state index contributed by atoms with van der Waals surface area (Å²) >= 11 is 0. The maximum Gasteiger partial charge on any atom is 0.335 e. The molecule has 6 nitrogen and oxygen atoms in total. The topological polar surface area (TPSA) is 67.6 Å². The van der Waals surface area contributed by atoms with Gasteiger partial charge >= 0.3 is 5.97 Å². The molecule has 0 bridgehead atoms. The van der Waals surface area contributed by atoms with Gasteiger partial charge in [-0.15, -0.1) is 0 Å². The van der Waals surface area contributed by atoms with Gasteiger partial charge in [-0.1, -0.05) is 24.3 Å². The molecule has 170 valence electrons. The van der Waals surface area contributed by atoms with Gasteiger partial charge in [0.05, 0.1) is 29.2 Å². The Morgan fingerprint density at radius 2 is 1.85 bits per heavy atom. The van der Waals surface area contributed by atoms with E-state index in [-0.39, 0.29) is 5.60 Å². The number of fused-ring (bicyclic) bond motifs is 2. The highest BCUT2D eigenvalue weighted by atomic mass is 16.5. The van der Waals surface area contributed by atoms with E-state index in [0.29, 0.717) is 11.5 Å². The van der Waals surface area contributed by atoms with Crippen LogP contribution in [0.25, 0.3) is 5.69 Å². The second-order valence-corrected chi connectivity index (χ2v) is 9.62. The number of hydrogen-bond acceptors (Lipinski definition) is 4. The third-order valence-electron chi connectivity index (χ3n) is 7.45. The number of aromatic carboxylic acids is 1. The molecule has 6 rings (SSSR count). The fourth-order valence-corrected chi connectivity index (χ4v) is 5.48. The third-order valence-corrected chi connectivity index (χ3v) is 7.45. The smallest absolute Gasteiger partial charge is 0.335 e. The second kappa shape index (κ2) is 8.12. The lowest BCUT2D eigenvalue weighted by Crippen LogP contribution is -2.46. The van der Waals surface area contributed by atoms with Crippen LogP contribution in [0.1, 0.15) is 64.5 Å². The van der Waals surface area contributed by atoms with Crippen LogP contribution in [-0.2, 0) is 23.3 Å². The molecule has 3 aromatic rings. The standard InChI is InChI=1S/C27H29N3O3/c31-26(32)21-7-9-23(10-8-21)30-25(20-5-6-20)17-22(28-30)18-29-14-12-27(13-15-29)24-4-2-1-3-19(24)11-16-33-27/h1-4,7-10,17,20H,5-6,11-16,18H2,(H,31,32). The predicted octanol–water partition coefficient (Wildman–Crippen LogP) is 4.51. The zero-order valence-electron chi connectivity index (χ0n) is 18.7. The fraction of sp³-hybridized carbons (Fsp3) is 0.407. The lowest BCUT2D eigenvalue weighted by Gasteiger charge is -2.45. The van der Waals surface area contributed by atoms with Crippen LogP contribution in [0.5, 0.6) is 0 Å². The van der Waals surface area contributed by atoms with Crippen LogP contribution in [0.2, 0.25) is 0 Å². The van der Waals surface area contributed by atoms with Crippen LogP contribution in [0, 0.1) is 0 Å². The molecule has 2 fully saturated rings. The van der Waals surface area contributed by atoms with E-state index in [2.05, 4.69) is 35.2 Å². The first kappa shape index (κ1) is 20.6. The summed E-state index contributed by atoms with van der Waals surface area (Å²) in [7, 11) is 0. The summed E-state index contributed by atoms with van der Waals surface area (Å²) in [5, 5.41) is 14.1. The van der Waals surface area contributed by atoms with E-state index < -0.39 is 5.97 Å². The van der Waals surface area contributed by atoms with Gasteiger partial charge in [-0.05, 0) is 73.6 Å². The Morgan fingerprint density at radius 1 is 1.09 bits per heavy atom. The molecule has 0 radical (unpaired) electrons. The van der Waals surface area contributed by atoms with Crippen molar-refractivity contribution in [3.8, 4) is 5.69 Å². The molecular weight excluding hydrogens is 414 g/mol. The van der Waals surface area contributed by atoms with E-state index in [0.717, 1.165) is 56.9 Å². The number of rotatable bonds is 5. The minimum Gasteiger partial charge on any atom is -0.478 e. The van der Waals surface area contributed by atoms with E-state index in [4.69, 9.17) is 9.84 Å². The summed E-state index contributed by atoms with van der Waals surface area (Å²) in [5.74, 6) is -0.347. The van der Waals surface area contributed by atoms with E-state index >= 15 is 0 Å². The number of aromatic nitrogens is 2. The number of carbonyl (C=O) groups is 1. The Labute approximate surface area is 193 Å². The predicted molar refractivity (Wildman–Crippen MR) is 125 cm³/mol. The van der Waals surface area contributed by atoms with Gasteiger partial charge in [0, 0.05) is 31.2 Å². The van der Waals surface area contributed by atoms with Gasteiger partial charge in [0.15, 0.2) is 0 Å². The van der Waals surface area contributed by atoms with E-state index in [1.54, 1.807) is 12.1 Å². The number of nitrogens with zero attached hydrogens (tertiary/aromatic N) is 3. The first-order valence-electron chi connectivity index (χ1n) is 12.0. The van der Waals surface area contributed by atoms with Gasteiger partial charge in [-0.3, -0.25) is 4.90 Å². The highest BCUT2D eigenvalue weighted by molar-refractivity contribution is 5.87. The Bertz CT molecular complexity index is 1170. The van der Waals surface area contributed by atoms with Crippen LogP contribution < -0.4 is 0 Å². The summed E-state index contributed by atoms with van der Waals surface area (Å²) in [6.45, 7) is 3.63. The van der Waals surface area contributed by atoms with E-state index in [9.17, 15) is 9.90 Å². The van der Waals surface area contributed by atoms with E-state index in [1.165, 1.54) is 29.7 Å². The maximum absolute atomic E-state index is 11.2. The van der Waals surface area contributed by atoms with Crippen molar-refractivity contribution in [3.63, 3.8) is 0 Å². The van der Waals surface area contributed by atoms with E-state index in [1.807, 2.05) is 16.8 Å². The first-order valence-corrected chi connectivity index (χ1v) is 12.0. The molecule has 3 heterocycles. The average Bonchev–Trinajstić information content (AvgIpc) is 3.61. The first-order chi connectivity index (χ1) is 16.1. The molecule has 1 aliphatic carbocycles. The molecule has 1 saturated heterocycles. The molecule has 2 aliphatic heterocycles. The summed E-state index contributed by atoms with van der Waals surface area (Å²) in [5.41, 5.74) is 6.26. The normalized spacial score (nSPS) is 20.0. The Balaban J connectivity index is 1.19. The largest absolute Gasteiger partial charge is 0.478 e. The number of benzene rings is 2. The lowest BCUT2D eigenvalue weighted by atomic mass is 9.79. The second-order valence-electron chi connectivity index (χ2n) is 9.62. The molecule has 33 heavy (non-hydrogen) atoms. The van der Waals surface area contributed by atoms with Crippen LogP contribution in [0.15, 0.2) is 54.6 Å². The van der Waals surface area contributed by atoms with Crippen LogP contribution in [0.3, 0.4) is 0 Å². The number of likely N-dealkylation sites (tertiary alicyclic amines) is 1. The fourth-order valence-electron chi connectivity index (χ4n) is 5.48. The van der Waals surface area contributed by atoms with Crippen LogP contribution in [0.4, 0.5) is 0 Å². The van der Waals surface area contributed by atoms with Crippen LogP contribution >= 0.6 is 0 Å². The Kier molecular flexibility index (Phi) is 5.07. The van der Waals surface area contributed by atoms with Gasteiger partial charge in [0.1, 0.15) is 0 Å². The van der Waals surface area contributed by atoms with Crippen LogP contribution in [-0.4, -0.2) is 45.5 Å². The van der Waals surface area contributed by atoms with Crippen molar-refractivity contribution in [1.82, 2.24) is 14.7 Å². The molecule has 1 N–H and O–H groups in total. The summed E-state index contributed by atoms with van der Waals surface area (Å²) in [6.07, 6.45) is 5.42. The van der Waals surface area contributed by atoms with Crippen molar-refractivity contribution in [2.45, 2.75) is 50.2 Å². The number of carboxylic acids is 1. The minimum atomic E-state index is -0.905. The minimum absolute atomic E-state index is 0.129. The van der Waals surface area contributed by atoms with Crippen molar-refractivity contribution >= 4 is 5.97 Å². The third kappa shape index (κ3) is 3.87. The van der Waals surface area contributed by atoms with Gasteiger partial charge in [0.2, 0.25) is 0 Å². The lowest BCUT2D eigenvalue weighted by molar-refractivity contribution is -0.0990. The van der Waals surface area contributed by atoms with Crippen molar-refractivity contribution in [1.29, 1.82) is 0 Å². The molecule has 6 heteroatoms. The van der Waals surface area contributed by atoms with Gasteiger partial charge in [-0.2, -0.15) is 5.10 Å². The molecule has 0 unspecified atom stereocenters. The Morgan fingerprint density at radius 3 is 2.58 bits per heavy atom. The highest BCUT2D eigenvalue weighted by Crippen LogP contribution is 2.43. The number of hydrogen-bond donors (Lipinski definition) is 1. The zero-order chi connectivity index (χ0) is 22.4.